The number of nitriles is 1. The molecule has 0 saturated carbocycles. The molecule has 2 aromatic rings. The van der Waals surface area contributed by atoms with Gasteiger partial charge in [-0.2, -0.15) is 10.2 Å². The third kappa shape index (κ3) is 5.27. The van der Waals surface area contributed by atoms with Crippen molar-refractivity contribution < 1.29 is 18.8 Å². The average molecular weight is 385 g/mol. The molecule has 148 valence electrons. The normalized spacial score (nSPS) is 15.3. The van der Waals surface area contributed by atoms with E-state index in [-0.39, 0.29) is 24.5 Å². The number of nitrogens with zero attached hydrogens (tertiary/aromatic N) is 5. The van der Waals surface area contributed by atoms with Gasteiger partial charge in [-0.1, -0.05) is 5.16 Å². The van der Waals surface area contributed by atoms with E-state index in [0.29, 0.717) is 30.4 Å². The molecule has 1 aliphatic rings. The van der Waals surface area contributed by atoms with Gasteiger partial charge >= 0.3 is 6.09 Å². The highest BCUT2D eigenvalue weighted by molar-refractivity contribution is 5.68. The van der Waals surface area contributed by atoms with Crippen molar-refractivity contribution >= 4 is 6.09 Å². The summed E-state index contributed by atoms with van der Waals surface area (Å²) in [5.74, 6) is 0.747. The number of hydrogen-bond donors (Lipinski definition) is 0. The third-order valence-electron chi connectivity index (χ3n) is 4.13. The van der Waals surface area contributed by atoms with Crippen LogP contribution in [0.5, 0.6) is 0 Å². The fraction of sp³-hybridized carbons (Fsp3) is 0.526. The zero-order valence-electron chi connectivity index (χ0n) is 16.2. The summed E-state index contributed by atoms with van der Waals surface area (Å²) in [7, 11) is 0. The molecule has 9 heteroatoms. The molecule has 1 saturated heterocycles. The van der Waals surface area contributed by atoms with Gasteiger partial charge in [0.2, 0.25) is 0 Å². The van der Waals surface area contributed by atoms with Crippen LogP contribution in [0.2, 0.25) is 0 Å². The Balaban J connectivity index is 1.48. The second kappa shape index (κ2) is 8.35. The van der Waals surface area contributed by atoms with E-state index in [9.17, 15) is 4.79 Å². The average Bonchev–Trinajstić information content (AvgIpc) is 3.14. The smallest absolute Gasteiger partial charge is 0.410 e. The van der Waals surface area contributed by atoms with Crippen molar-refractivity contribution in [3.63, 3.8) is 0 Å². The third-order valence-corrected chi connectivity index (χ3v) is 4.13. The molecule has 0 unspecified atom stereocenters. The van der Waals surface area contributed by atoms with Gasteiger partial charge in [0.25, 0.3) is 5.89 Å². The van der Waals surface area contributed by atoms with Gasteiger partial charge in [-0.15, -0.1) is 0 Å². The topological polar surface area (TPSA) is 114 Å². The first-order valence-corrected chi connectivity index (χ1v) is 9.13. The Labute approximate surface area is 163 Å². The van der Waals surface area contributed by atoms with E-state index in [1.807, 2.05) is 26.8 Å². The van der Waals surface area contributed by atoms with E-state index in [4.69, 9.17) is 19.3 Å². The number of piperidine rings is 1. The lowest BCUT2D eigenvalue weighted by Crippen LogP contribution is -2.43. The largest absolute Gasteiger partial charge is 0.444 e. The summed E-state index contributed by atoms with van der Waals surface area (Å²) in [6, 6.07) is 5.26. The van der Waals surface area contributed by atoms with Gasteiger partial charge in [-0.25, -0.2) is 9.78 Å². The highest BCUT2D eigenvalue weighted by Crippen LogP contribution is 2.20. The van der Waals surface area contributed by atoms with Crippen LogP contribution in [-0.2, 0) is 16.1 Å². The van der Waals surface area contributed by atoms with Crippen molar-refractivity contribution in [1.82, 2.24) is 20.0 Å². The molecule has 3 heterocycles. The number of ether oxygens (including phenoxy) is 2. The van der Waals surface area contributed by atoms with Gasteiger partial charge in [0, 0.05) is 24.8 Å². The molecule has 0 bridgehead atoms. The molecule has 0 radical (unpaired) electrons. The van der Waals surface area contributed by atoms with Crippen molar-refractivity contribution in [3.8, 4) is 17.5 Å². The maximum Gasteiger partial charge on any atom is 0.410 e. The number of likely N-dealkylation sites (tertiary alicyclic amines) is 1. The minimum absolute atomic E-state index is 0.0201. The predicted molar refractivity (Wildman–Crippen MR) is 97.9 cm³/mol. The highest BCUT2D eigenvalue weighted by Gasteiger charge is 2.27. The Kier molecular flexibility index (Phi) is 5.90. The molecule has 0 atom stereocenters. The molecule has 0 N–H and O–H groups in total. The fourth-order valence-electron chi connectivity index (χ4n) is 2.78. The summed E-state index contributed by atoms with van der Waals surface area (Å²) >= 11 is 0. The van der Waals surface area contributed by atoms with E-state index < -0.39 is 5.60 Å². The second-order valence-corrected chi connectivity index (χ2v) is 7.54. The van der Waals surface area contributed by atoms with Crippen LogP contribution >= 0.6 is 0 Å². The number of pyridine rings is 1. The fourth-order valence-corrected chi connectivity index (χ4v) is 2.78. The minimum atomic E-state index is -0.496. The van der Waals surface area contributed by atoms with Crippen LogP contribution < -0.4 is 0 Å². The van der Waals surface area contributed by atoms with Crippen LogP contribution in [0.15, 0.2) is 22.9 Å². The first kappa shape index (κ1) is 19.8. The Morgan fingerprint density at radius 2 is 2.14 bits per heavy atom. The van der Waals surface area contributed by atoms with Crippen LogP contribution in [-0.4, -0.2) is 50.9 Å². The summed E-state index contributed by atoms with van der Waals surface area (Å²) in [6.07, 6.45) is 2.70. The van der Waals surface area contributed by atoms with Gasteiger partial charge < -0.3 is 18.9 Å². The van der Waals surface area contributed by atoms with E-state index in [2.05, 4.69) is 15.1 Å². The number of amides is 1. The molecule has 28 heavy (non-hydrogen) atoms. The number of carbonyl (C=O) groups is 1. The summed E-state index contributed by atoms with van der Waals surface area (Å²) in [4.78, 5) is 22.0. The lowest BCUT2D eigenvalue weighted by atomic mass is 10.1. The molecule has 3 rings (SSSR count). The van der Waals surface area contributed by atoms with Gasteiger partial charge in [-0.05, 0) is 45.7 Å². The number of aromatic nitrogens is 3. The Hall–Kier alpha value is -2.99. The van der Waals surface area contributed by atoms with Gasteiger partial charge in [-0.3, -0.25) is 0 Å². The van der Waals surface area contributed by atoms with Crippen molar-refractivity contribution in [1.29, 1.82) is 5.26 Å². The SMILES string of the molecule is CC(C)(C)OC(=O)N1CCC(OCc2noc(-c3ccnc(C#N)c3)n2)CC1. The number of carbonyl (C=O) groups excluding carboxylic acids is 1. The summed E-state index contributed by atoms with van der Waals surface area (Å²) in [5, 5.41) is 12.8. The quantitative estimate of drug-likeness (QED) is 0.789. The zero-order valence-corrected chi connectivity index (χ0v) is 16.2. The molecule has 9 nitrogen and oxygen atoms in total. The first-order valence-electron chi connectivity index (χ1n) is 9.13. The van der Waals surface area contributed by atoms with Crippen LogP contribution in [0, 0.1) is 11.3 Å². The molecular weight excluding hydrogens is 362 g/mol. The maximum atomic E-state index is 12.1. The Bertz CT molecular complexity index is 860. The van der Waals surface area contributed by atoms with Crippen molar-refractivity contribution in [3.05, 3.63) is 29.8 Å². The molecular formula is C19H23N5O4. The molecule has 1 fully saturated rings. The number of hydrogen-bond acceptors (Lipinski definition) is 8. The Morgan fingerprint density at radius 3 is 2.82 bits per heavy atom. The number of rotatable bonds is 4. The lowest BCUT2D eigenvalue weighted by Gasteiger charge is -2.33. The van der Waals surface area contributed by atoms with E-state index in [1.54, 1.807) is 17.0 Å². The molecule has 2 aromatic heterocycles. The van der Waals surface area contributed by atoms with E-state index in [0.717, 1.165) is 12.8 Å². The lowest BCUT2D eigenvalue weighted by molar-refractivity contribution is -0.0190. The monoisotopic (exact) mass is 385 g/mol. The van der Waals surface area contributed by atoms with E-state index >= 15 is 0 Å². The van der Waals surface area contributed by atoms with Crippen molar-refractivity contribution in [2.24, 2.45) is 0 Å². The van der Waals surface area contributed by atoms with E-state index in [1.165, 1.54) is 6.20 Å². The minimum Gasteiger partial charge on any atom is -0.444 e. The predicted octanol–water partition coefficient (Wildman–Crippen LogP) is 2.92. The second-order valence-electron chi connectivity index (χ2n) is 7.54. The maximum absolute atomic E-state index is 12.1. The van der Waals surface area contributed by atoms with Gasteiger partial charge in [0.15, 0.2) is 5.82 Å². The highest BCUT2D eigenvalue weighted by atomic mass is 16.6. The van der Waals surface area contributed by atoms with Crippen LogP contribution in [0.25, 0.3) is 11.5 Å². The molecule has 1 aliphatic heterocycles. The summed E-state index contributed by atoms with van der Waals surface area (Å²) in [5.41, 5.74) is 0.421. The molecule has 0 spiro atoms. The van der Waals surface area contributed by atoms with Gasteiger partial charge in [0.1, 0.15) is 24.0 Å². The standard InChI is InChI=1S/C19H23N5O4/c1-19(2,3)27-18(25)24-8-5-15(6-9-24)26-12-16-22-17(28-23-16)13-4-7-21-14(10-13)11-20/h4,7,10,15H,5-6,8-9,12H2,1-3H3. The van der Waals surface area contributed by atoms with Crippen molar-refractivity contribution in [2.75, 3.05) is 13.1 Å². The van der Waals surface area contributed by atoms with Crippen molar-refractivity contribution in [2.45, 2.75) is 51.9 Å². The summed E-state index contributed by atoms with van der Waals surface area (Å²) < 4.78 is 16.5. The molecule has 0 aliphatic carbocycles. The van der Waals surface area contributed by atoms with Gasteiger partial charge in [0.05, 0.1) is 6.10 Å². The Morgan fingerprint density at radius 1 is 1.39 bits per heavy atom. The zero-order chi connectivity index (χ0) is 20.1. The molecule has 0 aromatic carbocycles. The summed E-state index contributed by atoms with van der Waals surface area (Å²) in [6.45, 7) is 6.96. The first-order chi connectivity index (χ1) is 13.3. The van der Waals surface area contributed by atoms with Crippen LogP contribution in [0.3, 0.4) is 0 Å². The van der Waals surface area contributed by atoms with Crippen LogP contribution in [0.1, 0.15) is 45.1 Å². The van der Waals surface area contributed by atoms with Crippen LogP contribution in [0.4, 0.5) is 4.79 Å². The molecule has 1 amide bonds.